The summed E-state index contributed by atoms with van der Waals surface area (Å²) in [6.07, 6.45) is 81.9. The van der Waals surface area contributed by atoms with Gasteiger partial charge in [0.2, 0.25) is 0 Å². The number of aliphatic hydroxyl groups is 1. The average Bonchev–Trinajstić information content (AvgIpc) is 3.30. The maximum atomic E-state index is 12.3. The Morgan fingerprint density at radius 2 is 0.625 bits per heavy atom. The standard InChI is InChI=1S/C59H90O5/c1-3-5-7-9-11-13-15-17-19-20-21-22-23-24-25-26-27-28-29-30-31-32-33-34-35-36-37-38-40-42-44-46-48-50-52-54-59(62)64-57(55-60)56-63-58(61)53-51-49-47-45-43-41-39-18-16-14-12-10-8-6-4-2/h5-8,11-14,17-19,21-22,24-25,27-28,30-31,33-34,36-37,39,43,45,57,60H,3-4,9-10,15-16,20,23,26,29,32,35,38,40-42,44,46-56H2,1-2H3/b7-5-,8-6-,13-11-,14-12-,19-17-,22-21-,25-24-,28-27-,31-30-,34-33-,37-36-,39-18-,45-43-. The number of unbranched alkanes of at least 4 members (excludes halogenated alkanes) is 9. The van der Waals surface area contributed by atoms with E-state index in [0.717, 1.165) is 128 Å². The zero-order valence-electron chi connectivity index (χ0n) is 40.5. The van der Waals surface area contributed by atoms with Gasteiger partial charge in [-0.2, -0.15) is 0 Å². The predicted molar refractivity (Wildman–Crippen MR) is 278 cm³/mol. The smallest absolute Gasteiger partial charge is 0.306 e. The summed E-state index contributed by atoms with van der Waals surface area (Å²) in [7, 11) is 0. The predicted octanol–water partition coefficient (Wildman–Crippen LogP) is 16.8. The Kier molecular flexibility index (Phi) is 49.2. The van der Waals surface area contributed by atoms with Gasteiger partial charge in [0.05, 0.1) is 6.61 Å². The number of ether oxygens (including phenoxy) is 2. The van der Waals surface area contributed by atoms with Crippen LogP contribution in [0.4, 0.5) is 0 Å². The Balaban J connectivity index is 3.68. The minimum Gasteiger partial charge on any atom is -0.462 e. The number of allylic oxidation sites excluding steroid dienone is 26. The van der Waals surface area contributed by atoms with Crippen LogP contribution in [0.5, 0.6) is 0 Å². The molecule has 5 heteroatoms. The van der Waals surface area contributed by atoms with E-state index in [-0.39, 0.29) is 25.2 Å². The molecule has 5 nitrogen and oxygen atoms in total. The lowest BCUT2D eigenvalue weighted by Crippen LogP contribution is -2.28. The van der Waals surface area contributed by atoms with Gasteiger partial charge in [-0.05, 0) is 122 Å². The summed E-state index contributed by atoms with van der Waals surface area (Å²) < 4.78 is 10.6. The first-order valence-electron chi connectivity index (χ1n) is 25.0. The molecule has 356 valence electrons. The molecule has 0 heterocycles. The maximum Gasteiger partial charge on any atom is 0.306 e. The first-order chi connectivity index (χ1) is 31.6. The molecule has 0 fully saturated rings. The van der Waals surface area contributed by atoms with E-state index < -0.39 is 6.10 Å². The zero-order valence-corrected chi connectivity index (χ0v) is 40.5. The van der Waals surface area contributed by atoms with Crippen molar-refractivity contribution in [3.63, 3.8) is 0 Å². The Labute approximate surface area is 392 Å². The van der Waals surface area contributed by atoms with Crippen LogP contribution in [0, 0.1) is 0 Å². The second kappa shape index (κ2) is 52.9. The topological polar surface area (TPSA) is 72.8 Å². The van der Waals surface area contributed by atoms with Crippen molar-refractivity contribution in [2.45, 2.75) is 187 Å². The van der Waals surface area contributed by atoms with Gasteiger partial charge in [0.25, 0.3) is 0 Å². The SMILES string of the molecule is CC/C=C\C/C=C\C/C=C\C/C=C\C/C=C\C/C=C\C/C=C\C/C=C\C/C=C\CCCCCCCCCC(=O)OC(CO)COC(=O)CCCC/C=C\C/C=C\C/C=C\C/C=C\CC. The monoisotopic (exact) mass is 879 g/mol. The molecule has 0 radical (unpaired) electrons. The fourth-order valence-electron chi connectivity index (χ4n) is 6.12. The molecular weight excluding hydrogens is 789 g/mol. The van der Waals surface area contributed by atoms with Crippen molar-refractivity contribution in [1.29, 1.82) is 0 Å². The third-order valence-electron chi connectivity index (χ3n) is 9.82. The van der Waals surface area contributed by atoms with E-state index in [2.05, 4.69) is 172 Å². The van der Waals surface area contributed by atoms with Crippen LogP contribution in [0.25, 0.3) is 0 Å². The number of hydrogen-bond donors (Lipinski definition) is 1. The van der Waals surface area contributed by atoms with Crippen molar-refractivity contribution in [2.75, 3.05) is 13.2 Å². The van der Waals surface area contributed by atoms with Crippen molar-refractivity contribution in [1.82, 2.24) is 0 Å². The van der Waals surface area contributed by atoms with Gasteiger partial charge in [0.15, 0.2) is 6.10 Å². The van der Waals surface area contributed by atoms with Gasteiger partial charge >= 0.3 is 11.9 Å². The largest absolute Gasteiger partial charge is 0.462 e. The number of aliphatic hydroxyl groups excluding tert-OH is 1. The highest BCUT2D eigenvalue weighted by molar-refractivity contribution is 5.70. The highest BCUT2D eigenvalue weighted by Gasteiger charge is 2.16. The number of carbonyl (C=O) groups excluding carboxylic acids is 2. The van der Waals surface area contributed by atoms with Crippen LogP contribution in [0.15, 0.2) is 158 Å². The molecular formula is C59H90O5. The zero-order chi connectivity index (χ0) is 46.3. The molecule has 1 atom stereocenters. The lowest BCUT2D eigenvalue weighted by atomic mass is 10.1. The van der Waals surface area contributed by atoms with Crippen LogP contribution in [-0.2, 0) is 19.1 Å². The number of esters is 2. The summed E-state index contributed by atoms with van der Waals surface area (Å²) in [4.78, 5) is 24.4. The summed E-state index contributed by atoms with van der Waals surface area (Å²) in [5.41, 5.74) is 0. The second-order valence-corrected chi connectivity index (χ2v) is 15.8. The van der Waals surface area contributed by atoms with Crippen molar-refractivity contribution in [2.24, 2.45) is 0 Å². The molecule has 0 aliphatic heterocycles. The van der Waals surface area contributed by atoms with Crippen molar-refractivity contribution < 1.29 is 24.2 Å². The van der Waals surface area contributed by atoms with E-state index in [1.165, 1.54) is 25.7 Å². The Bertz CT molecular complexity index is 1460. The molecule has 0 aliphatic rings. The molecule has 0 rings (SSSR count). The Morgan fingerprint density at radius 3 is 0.969 bits per heavy atom. The van der Waals surface area contributed by atoms with E-state index in [1.54, 1.807) is 0 Å². The second-order valence-electron chi connectivity index (χ2n) is 15.8. The molecule has 0 aromatic rings. The van der Waals surface area contributed by atoms with Crippen LogP contribution in [0.1, 0.15) is 181 Å². The number of hydrogen-bond acceptors (Lipinski definition) is 5. The lowest BCUT2D eigenvalue weighted by molar-refractivity contribution is -0.161. The molecule has 0 amide bonds. The number of carbonyl (C=O) groups is 2. The normalized spacial score (nSPS) is 13.6. The molecule has 0 aliphatic carbocycles. The summed E-state index contributed by atoms with van der Waals surface area (Å²) >= 11 is 0. The van der Waals surface area contributed by atoms with Crippen LogP contribution < -0.4 is 0 Å². The minimum atomic E-state index is -0.807. The first-order valence-corrected chi connectivity index (χ1v) is 25.0. The molecule has 0 aromatic heterocycles. The van der Waals surface area contributed by atoms with Crippen LogP contribution in [0.3, 0.4) is 0 Å². The van der Waals surface area contributed by atoms with Gasteiger partial charge in [-0.1, -0.05) is 204 Å². The van der Waals surface area contributed by atoms with Crippen LogP contribution in [-0.4, -0.2) is 36.4 Å². The molecule has 1 unspecified atom stereocenters. The average molecular weight is 879 g/mol. The van der Waals surface area contributed by atoms with Crippen LogP contribution in [0.2, 0.25) is 0 Å². The van der Waals surface area contributed by atoms with Crippen molar-refractivity contribution >= 4 is 11.9 Å². The first kappa shape index (κ1) is 59.5. The fraction of sp³-hybridized carbons (Fsp3) is 0.525. The summed E-state index contributed by atoms with van der Waals surface area (Å²) in [6.45, 7) is 3.84. The van der Waals surface area contributed by atoms with Gasteiger partial charge < -0.3 is 14.6 Å². The highest BCUT2D eigenvalue weighted by atomic mass is 16.6. The molecule has 0 spiro atoms. The van der Waals surface area contributed by atoms with Gasteiger partial charge in [-0.15, -0.1) is 0 Å². The molecule has 64 heavy (non-hydrogen) atoms. The summed E-state index contributed by atoms with van der Waals surface area (Å²) in [6, 6.07) is 0. The van der Waals surface area contributed by atoms with Gasteiger partial charge in [0.1, 0.15) is 6.61 Å². The Morgan fingerprint density at radius 1 is 0.359 bits per heavy atom. The van der Waals surface area contributed by atoms with Crippen LogP contribution >= 0.6 is 0 Å². The molecule has 0 saturated carbocycles. The van der Waals surface area contributed by atoms with E-state index in [9.17, 15) is 14.7 Å². The summed E-state index contributed by atoms with van der Waals surface area (Å²) in [5, 5.41) is 9.60. The maximum absolute atomic E-state index is 12.3. The molecule has 0 aromatic carbocycles. The quantitative estimate of drug-likeness (QED) is 0.0375. The molecule has 0 saturated heterocycles. The third kappa shape index (κ3) is 50.2. The van der Waals surface area contributed by atoms with Crippen molar-refractivity contribution in [3.8, 4) is 0 Å². The van der Waals surface area contributed by atoms with Gasteiger partial charge in [0, 0.05) is 12.8 Å². The van der Waals surface area contributed by atoms with Crippen molar-refractivity contribution in [3.05, 3.63) is 158 Å². The molecule has 0 bridgehead atoms. The minimum absolute atomic E-state index is 0.103. The van der Waals surface area contributed by atoms with E-state index in [0.29, 0.717) is 12.8 Å². The van der Waals surface area contributed by atoms with E-state index in [1.807, 2.05) is 0 Å². The van der Waals surface area contributed by atoms with E-state index in [4.69, 9.17) is 9.47 Å². The third-order valence-corrected chi connectivity index (χ3v) is 9.82. The van der Waals surface area contributed by atoms with Gasteiger partial charge in [-0.3, -0.25) is 9.59 Å². The fourth-order valence-corrected chi connectivity index (χ4v) is 6.12. The van der Waals surface area contributed by atoms with E-state index >= 15 is 0 Å². The summed E-state index contributed by atoms with van der Waals surface area (Å²) in [5.74, 6) is -0.668. The Hall–Kier alpha value is -4.48. The number of rotatable bonds is 43. The highest BCUT2D eigenvalue weighted by Crippen LogP contribution is 2.12. The molecule has 1 N–H and O–H groups in total. The lowest BCUT2D eigenvalue weighted by Gasteiger charge is -2.15. The van der Waals surface area contributed by atoms with Gasteiger partial charge in [-0.25, -0.2) is 0 Å².